The molecule has 0 amide bonds. The van der Waals surface area contributed by atoms with Gasteiger partial charge in [0.25, 0.3) is 0 Å². The van der Waals surface area contributed by atoms with E-state index >= 15 is 0 Å². The van der Waals surface area contributed by atoms with Crippen LogP contribution < -0.4 is 5.73 Å². The van der Waals surface area contributed by atoms with Crippen LogP contribution in [0.3, 0.4) is 0 Å². The number of nitrogen functional groups attached to an aromatic ring is 1. The largest absolute Gasteiger partial charge is 0.384 e. The second-order valence-corrected chi connectivity index (χ2v) is 5.01. The van der Waals surface area contributed by atoms with E-state index in [9.17, 15) is 0 Å². The Bertz CT molecular complexity index is 738. The molecule has 0 radical (unpaired) electrons. The first-order valence-electron chi connectivity index (χ1n) is 6.90. The molecule has 21 heavy (non-hydrogen) atoms. The van der Waals surface area contributed by atoms with Gasteiger partial charge in [-0.3, -0.25) is 4.68 Å². The monoisotopic (exact) mass is 282 g/mol. The molecule has 3 aromatic heterocycles. The Hall–Kier alpha value is -2.63. The molecule has 3 heterocycles. The molecule has 0 bridgehead atoms. The Morgan fingerprint density at radius 3 is 2.81 bits per heavy atom. The molecule has 0 aromatic carbocycles. The number of aryl methyl sites for hydroxylation is 2. The van der Waals surface area contributed by atoms with Crippen LogP contribution in [0.5, 0.6) is 0 Å². The van der Waals surface area contributed by atoms with Gasteiger partial charge >= 0.3 is 0 Å². The first-order valence-corrected chi connectivity index (χ1v) is 6.90. The number of hydrogen-bond donors (Lipinski definition) is 1. The Labute approximate surface area is 123 Å². The number of anilines is 1. The topological polar surface area (TPSA) is 74.5 Å². The zero-order valence-corrected chi connectivity index (χ0v) is 12.2. The Morgan fingerprint density at radius 2 is 2.10 bits per heavy atom. The maximum Gasteiger partial charge on any atom is 0.123 e. The predicted octanol–water partition coefficient (Wildman–Crippen LogP) is 1.87. The zero-order chi connectivity index (χ0) is 14.8. The molecule has 0 unspecified atom stereocenters. The molecule has 0 saturated carbocycles. The van der Waals surface area contributed by atoms with Gasteiger partial charge in [0.1, 0.15) is 5.82 Å². The van der Waals surface area contributed by atoms with Gasteiger partial charge in [0.15, 0.2) is 0 Å². The number of imidazole rings is 1. The van der Waals surface area contributed by atoms with Crippen molar-refractivity contribution >= 4 is 5.82 Å². The van der Waals surface area contributed by atoms with Gasteiger partial charge in [0.2, 0.25) is 0 Å². The van der Waals surface area contributed by atoms with Crippen molar-refractivity contribution in [1.82, 2.24) is 24.3 Å². The Balaban J connectivity index is 1.94. The predicted molar refractivity (Wildman–Crippen MR) is 81.6 cm³/mol. The van der Waals surface area contributed by atoms with Gasteiger partial charge in [-0.1, -0.05) is 6.92 Å². The lowest BCUT2D eigenvalue weighted by Crippen LogP contribution is -2.02. The molecule has 6 heteroatoms. The second-order valence-electron chi connectivity index (χ2n) is 5.01. The number of rotatable bonds is 4. The summed E-state index contributed by atoms with van der Waals surface area (Å²) in [5.74, 6) is 0.519. The van der Waals surface area contributed by atoms with Crippen LogP contribution in [0.2, 0.25) is 0 Å². The summed E-state index contributed by atoms with van der Waals surface area (Å²) in [6.45, 7) is 2.86. The van der Waals surface area contributed by atoms with E-state index in [0.717, 1.165) is 29.9 Å². The molecule has 6 nitrogen and oxygen atoms in total. The quantitative estimate of drug-likeness (QED) is 0.792. The molecular formula is C15H18N6. The van der Waals surface area contributed by atoms with E-state index in [-0.39, 0.29) is 0 Å². The van der Waals surface area contributed by atoms with Crippen molar-refractivity contribution in [2.24, 2.45) is 7.05 Å². The molecule has 3 rings (SSSR count). The summed E-state index contributed by atoms with van der Waals surface area (Å²) in [5.41, 5.74) is 9.99. The molecule has 3 aromatic rings. The molecule has 2 N–H and O–H groups in total. The van der Waals surface area contributed by atoms with Crippen LogP contribution in [0.1, 0.15) is 18.2 Å². The number of nitrogens with zero attached hydrogens (tertiary/aromatic N) is 5. The second kappa shape index (κ2) is 5.40. The van der Waals surface area contributed by atoms with Crippen molar-refractivity contribution in [2.75, 3.05) is 5.73 Å². The summed E-state index contributed by atoms with van der Waals surface area (Å²) in [6, 6.07) is 3.76. The third kappa shape index (κ3) is 2.65. The SMILES string of the molecule is CCc1nn(C)cc1Cn1cncc1-c1ccc(N)nc1. The smallest absolute Gasteiger partial charge is 0.123 e. The summed E-state index contributed by atoms with van der Waals surface area (Å²) in [5, 5.41) is 4.48. The van der Waals surface area contributed by atoms with E-state index in [0.29, 0.717) is 5.82 Å². The van der Waals surface area contributed by atoms with E-state index < -0.39 is 0 Å². The lowest BCUT2D eigenvalue weighted by molar-refractivity contribution is 0.746. The number of aromatic nitrogens is 5. The van der Waals surface area contributed by atoms with E-state index in [4.69, 9.17) is 5.73 Å². The van der Waals surface area contributed by atoms with Crippen LogP contribution in [-0.2, 0) is 20.0 Å². The summed E-state index contributed by atoms with van der Waals surface area (Å²) in [7, 11) is 1.95. The zero-order valence-electron chi connectivity index (χ0n) is 12.2. The molecule has 0 fully saturated rings. The van der Waals surface area contributed by atoms with Gasteiger partial charge in [0, 0.05) is 30.6 Å². The lowest BCUT2D eigenvalue weighted by Gasteiger charge is -2.08. The van der Waals surface area contributed by atoms with Gasteiger partial charge in [-0.05, 0) is 18.6 Å². The van der Waals surface area contributed by atoms with Crippen molar-refractivity contribution < 1.29 is 0 Å². The summed E-state index contributed by atoms with van der Waals surface area (Å²) in [4.78, 5) is 8.40. The van der Waals surface area contributed by atoms with Crippen molar-refractivity contribution in [3.63, 3.8) is 0 Å². The van der Waals surface area contributed by atoms with Gasteiger partial charge in [-0.2, -0.15) is 5.10 Å². The van der Waals surface area contributed by atoms with Crippen LogP contribution in [0.15, 0.2) is 37.1 Å². The molecule has 0 atom stereocenters. The minimum Gasteiger partial charge on any atom is -0.384 e. The Kier molecular flexibility index (Phi) is 3.43. The van der Waals surface area contributed by atoms with E-state index in [1.165, 1.54) is 5.56 Å². The first kappa shape index (κ1) is 13.4. The minimum absolute atomic E-state index is 0.519. The van der Waals surface area contributed by atoms with Gasteiger partial charge in [-0.15, -0.1) is 0 Å². The normalized spacial score (nSPS) is 11.0. The lowest BCUT2D eigenvalue weighted by atomic mass is 10.2. The fourth-order valence-electron chi connectivity index (χ4n) is 2.44. The third-order valence-corrected chi connectivity index (χ3v) is 3.46. The van der Waals surface area contributed by atoms with Gasteiger partial charge < -0.3 is 10.3 Å². The summed E-state index contributed by atoms with van der Waals surface area (Å²) >= 11 is 0. The van der Waals surface area contributed by atoms with E-state index in [1.807, 2.05) is 30.3 Å². The highest BCUT2D eigenvalue weighted by atomic mass is 15.3. The van der Waals surface area contributed by atoms with Gasteiger partial charge in [-0.25, -0.2) is 9.97 Å². The van der Waals surface area contributed by atoms with Crippen LogP contribution in [-0.4, -0.2) is 24.3 Å². The molecule has 0 aliphatic carbocycles. The standard InChI is InChI=1S/C15H18N6/c1-3-13-12(8-20(2)19-13)9-21-10-17-7-14(21)11-4-5-15(16)18-6-11/h4-8,10H,3,9H2,1-2H3,(H2,16,18). The van der Waals surface area contributed by atoms with Crippen LogP contribution in [0, 0.1) is 0 Å². The highest BCUT2D eigenvalue weighted by Gasteiger charge is 2.10. The molecule has 0 saturated heterocycles. The molecule has 108 valence electrons. The fourth-order valence-corrected chi connectivity index (χ4v) is 2.44. The summed E-state index contributed by atoms with van der Waals surface area (Å²) < 4.78 is 3.96. The number of pyridine rings is 1. The highest BCUT2D eigenvalue weighted by Crippen LogP contribution is 2.20. The average Bonchev–Trinajstić information content (AvgIpc) is 3.07. The van der Waals surface area contributed by atoms with E-state index in [2.05, 4.69) is 32.8 Å². The summed E-state index contributed by atoms with van der Waals surface area (Å²) in [6.07, 6.45) is 8.42. The maximum atomic E-state index is 5.64. The van der Waals surface area contributed by atoms with Gasteiger partial charge in [0.05, 0.1) is 30.5 Å². The van der Waals surface area contributed by atoms with Crippen LogP contribution in [0.4, 0.5) is 5.82 Å². The molecule has 0 aliphatic rings. The number of nitrogens with two attached hydrogens (primary N) is 1. The van der Waals surface area contributed by atoms with Crippen molar-refractivity contribution in [2.45, 2.75) is 19.9 Å². The van der Waals surface area contributed by atoms with Crippen LogP contribution in [0.25, 0.3) is 11.3 Å². The molecular weight excluding hydrogens is 264 g/mol. The first-order chi connectivity index (χ1) is 10.2. The highest BCUT2D eigenvalue weighted by molar-refractivity contribution is 5.59. The van der Waals surface area contributed by atoms with Crippen molar-refractivity contribution in [3.05, 3.63) is 48.3 Å². The fraction of sp³-hybridized carbons (Fsp3) is 0.267. The average molecular weight is 282 g/mol. The third-order valence-electron chi connectivity index (χ3n) is 3.46. The van der Waals surface area contributed by atoms with Crippen molar-refractivity contribution in [3.8, 4) is 11.3 Å². The molecule has 0 spiro atoms. The molecule has 0 aliphatic heterocycles. The number of hydrogen-bond acceptors (Lipinski definition) is 4. The minimum atomic E-state index is 0.519. The van der Waals surface area contributed by atoms with E-state index in [1.54, 1.807) is 12.3 Å². The maximum absolute atomic E-state index is 5.64. The Morgan fingerprint density at radius 1 is 1.24 bits per heavy atom. The van der Waals surface area contributed by atoms with Crippen molar-refractivity contribution in [1.29, 1.82) is 0 Å². The van der Waals surface area contributed by atoms with Crippen LogP contribution >= 0.6 is 0 Å².